The van der Waals surface area contributed by atoms with E-state index in [0.717, 1.165) is 69.3 Å². The fourth-order valence-corrected chi connectivity index (χ4v) is 6.66. The minimum absolute atomic E-state index is 0.0470. The number of hydrogen-bond acceptors (Lipinski definition) is 5. The van der Waals surface area contributed by atoms with Crippen LogP contribution in [-0.4, -0.2) is 71.6 Å². The summed E-state index contributed by atoms with van der Waals surface area (Å²) in [5, 5.41) is 9.08. The predicted molar refractivity (Wildman–Crippen MR) is 137 cm³/mol. The molecule has 4 fully saturated rings. The normalized spacial score (nSPS) is 26.5. The minimum Gasteiger partial charge on any atom is -0.441 e. The summed E-state index contributed by atoms with van der Waals surface area (Å²) < 4.78 is 44.4. The Labute approximate surface area is 227 Å². The Morgan fingerprint density at radius 3 is 2.23 bits per heavy atom. The summed E-state index contributed by atoms with van der Waals surface area (Å²) in [5.41, 5.74) is -0.292. The van der Waals surface area contributed by atoms with E-state index >= 15 is 0 Å². The van der Waals surface area contributed by atoms with Crippen LogP contribution in [0.1, 0.15) is 62.5 Å². The zero-order chi connectivity index (χ0) is 27.6. The highest BCUT2D eigenvalue weighted by Gasteiger charge is 2.47. The van der Waals surface area contributed by atoms with Crippen molar-refractivity contribution in [3.63, 3.8) is 0 Å². The zero-order valence-electron chi connectivity index (χ0n) is 22.3. The first-order chi connectivity index (χ1) is 18.6. The summed E-state index contributed by atoms with van der Waals surface area (Å²) >= 11 is 0. The number of carbonyl (C=O) groups is 2. The van der Waals surface area contributed by atoms with E-state index < -0.39 is 17.3 Å². The van der Waals surface area contributed by atoms with Gasteiger partial charge in [-0.2, -0.15) is 18.4 Å². The lowest BCUT2D eigenvalue weighted by Crippen LogP contribution is -2.47. The van der Waals surface area contributed by atoms with Crippen LogP contribution in [0.25, 0.3) is 0 Å². The molecule has 0 bridgehead atoms. The molecule has 212 valence electrons. The summed E-state index contributed by atoms with van der Waals surface area (Å²) in [5.74, 6) is 0.707. The molecule has 1 saturated carbocycles. The fraction of sp³-hybridized carbons (Fsp3) is 0.690. The van der Waals surface area contributed by atoms with Crippen LogP contribution in [0.3, 0.4) is 0 Å². The van der Waals surface area contributed by atoms with E-state index in [0.29, 0.717) is 51.5 Å². The van der Waals surface area contributed by atoms with Gasteiger partial charge < -0.3 is 14.5 Å². The summed E-state index contributed by atoms with van der Waals surface area (Å²) in [7, 11) is 0. The van der Waals surface area contributed by atoms with Gasteiger partial charge >= 0.3 is 12.3 Å². The first kappa shape index (κ1) is 27.8. The van der Waals surface area contributed by atoms with E-state index in [1.54, 1.807) is 0 Å². The monoisotopic (exact) mass is 546 g/mol. The van der Waals surface area contributed by atoms with E-state index in [1.807, 2.05) is 9.80 Å². The van der Waals surface area contributed by atoms with Crippen molar-refractivity contribution in [2.45, 2.75) is 69.7 Å². The summed E-state index contributed by atoms with van der Waals surface area (Å²) in [6.45, 7) is 4.62. The van der Waals surface area contributed by atoms with Crippen LogP contribution in [0.15, 0.2) is 24.3 Å². The lowest BCUT2D eigenvalue weighted by atomic mass is 9.80. The van der Waals surface area contributed by atoms with Crippen LogP contribution in [0.4, 0.5) is 18.0 Å². The van der Waals surface area contributed by atoms with E-state index in [2.05, 4.69) is 11.0 Å². The number of nitriles is 1. The van der Waals surface area contributed by atoms with Gasteiger partial charge in [0.15, 0.2) is 0 Å². The van der Waals surface area contributed by atoms with Crippen molar-refractivity contribution in [2.75, 3.05) is 39.3 Å². The summed E-state index contributed by atoms with van der Waals surface area (Å²) in [6, 6.07) is 7.62. The average molecular weight is 547 g/mol. The first-order valence-electron chi connectivity index (χ1n) is 14.2. The van der Waals surface area contributed by atoms with Gasteiger partial charge in [-0.05, 0) is 62.1 Å². The number of hydrogen-bond donors (Lipinski definition) is 0. The largest absolute Gasteiger partial charge is 0.441 e. The van der Waals surface area contributed by atoms with Gasteiger partial charge in [0.1, 0.15) is 5.60 Å². The van der Waals surface area contributed by atoms with Crippen molar-refractivity contribution in [1.29, 1.82) is 5.26 Å². The molecule has 0 N–H and O–H groups in total. The van der Waals surface area contributed by atoms with E-state index in [4.69, 9.17) is 10.00 Å². The number of alkyl halides is 3. The van der Waals surface area contributed by atoms with Crippen molar-refractivity contribution in [2.24, 2.45) is 17.8 Å². The van der Waals surface area contributed by atoms with E-state index in [-0.39, 0.29) is 23.8 Å². The van der Waals surface area contributed by atoms with Gasteiger partial charge in [-0.25, -0.2) is 4.79 Å². The fourth-order valence-electron chi connectivity index (χ4n) is 6.66. The molecule has 3 heterocycles. The van der Waals surface area contributed by atoms with Crippen molar-refractivity contribution >= 4 is 12.0 Å². The zero-order valence-corrected chi connectivity index (χ0v) is 22.3. The molecule has 3 aliphatic heterocycles. The molecule has 5 rings (SSSR count). The van der Waals surface area contributed by atoms with Crippen molar-refractivity contribution in [1.82, 2.24) is 14.7 Å². The molecule has 1 aromatic rings. The van der Waals surface area contributed by atoms with Gasteiger partial charge in [0, 0.05) is 63.9 Å². The number of carbonyl (C=O) groups excluding carboxylic acids is 2. The molecule has 1 spiro atoms. The molecule has 1 aromatic carbocycles. The molecular formula is C29H37F3N4O3. The topological polar surface area (TPSA) is 76.9 Å². The molecular weight excluding hydrogens is 509 g/mol. The Balaban J connectivity index is 1.05. The second kappa shape index (κ2) is 11.4. The molecule has 0 aromatic heterocycles. The maximum Gasteiger partial charge on any atom is 0.416 e. The van der Waals surface area contributed by atoms with Gasteiger partial charge in [0.2, 0.25) is 5.91 Å². The molecule has 1 aliphatic carbocycles. The average Bonchev–Trinajstić information content (AvgIpc) is 3.24. The van der Waals surface area contributed by atoms with Crippen LogP contribution in [0.5, 0.6) is 0 Å². The minimum atomic E-state index is -4.33. The summed E-state index contributed by atoms with van der Waals surface area (Å²) in [6.07, 6.45) is 1.88. The molecule has 0 atom stereocenters. The number of ether oxygens (including phenoxy) is 1. The second-order valence-corrected chi connectivity index (χ2v) is 11.8. The number of halogens is 3. The highest BCUT2D eigenvalue weighted by molar-refractivity contribution is 5.79. The van der Waals surface area contributed by atoms with Crippen molar-refractivity contribution in [3.8, 4) is 6.07 Å². The Bertz CT molecular complexity index is 1060. The maximum atomic E-state index is 13.0. The molecule has 3 saturated heterocycles. The maximum absolute atomic E-state index is 13.0. The summed E-state index contributed by atoms with van der Waals surface area (Å²) in [4.78, 5) is 31.7. The Morgan fingerprint density at radius 1 is 1.00 bits per heavy atom. The van der Waals surface area contributed by atoms with Gasteiger partial charge in [-0.3, -0.25) is 9.69 Å². The van der Waals surface area contributed by atoms with Gasteiger partial charge in [-0.1, -0.05) is 12.1 Å². The number of benzene rings is 1. The number of piperidine rings is 2. The highest BCUT2D eigenvalue weighted by atomic mass is 19.4. The van der Waals surface area contributed by atoms with Gasteiger partial charge in [0.25, 0.3) is 0 Å². The molecule has 7 nitrogen and oxygen atoms in total. The van der Waals surface area contributed by atoms with Crippen LogP contribution in [0.2, 0.25) is 0 Å². The first-order valence-corrected chi connectivity index (χ1v) is 14.2. The number of likely N-dealkylation sites (tertiary alicyclic amines) is 2. The Morgan fingerprint density at radius 2 is 1.64 bits per heavy atom. The second-order valence-electron chi connectivity index (χ2n) is 11.8. The van der Waals surface area contributed by atoms with Crippen LogP contribution >= 0.6 is 0 Å². The molecule has 2 amide bonds. The van der Waals surface area contributed by atoms with E-state index in [1.165, 1.54) is 12.1 Å². The third kappa shape index (κ3) is 6.51. The standard InChI is InChI=1S/C29H37F3N4O3/c30-29(31,32)25-7-3-22(4-8-25)18-34-15-11-28(12-16-34)20-36(27(38)39-28)19-23-1-5-24(6-2-23)26(37)35-13-9-21(17-33)10-14-35/h3-4,7-8,21,23-24H,1-2,5-6,9-16,18-20H2. The highest BCUT2D eigenvalue weighted by Crippen LogP contribution is 2.37. The van der Waals surface area contributed by atoms with Crippen LogP contribution in [0, 0.1) is 29.1 Å². The van der Waals surface area contributed by atoms with E-state index in [9.17, 15) is 22.8 Å². The van der Waals surface area contributed by atoms with Crippen molar-refractivity contribution < 1.29 is 27.5 Å². The molecule has 0 radical (unpaired) electrons. The Hall–Kier alpha value is -2.80. The third-order valence-electron chi connectivity index (χ3n) is 9.16. The molecule has 0 unspecified atom stereocenters. The van der Waals surface area contributed by atoms with Crippen molar-refractivity contribution in [3.05, 3.63) is 35.4 Å². The lowest BCUT2D eigenvalue weighted by Gasteiger charge is -2.38. The van der Waals surface area contributed by atoms with Gasteiger partial charge in [0.05, 0.1) is 18.2 Å². The Kier molecular flexibility index (Phi) is 8.08. The third-order valence-corrected chi connectivity index (χ3v) is 9.16. The van der Waals surface area contributed by atoms with Gasteiger partial charge in [-0.15, -0.1) is 0 Å². The van der Waals surface area contributed by atoms with Crippen LogP contribution < -0.4 is 0 Å². The SMILES string of the molecule is N#CC1CCN(C(=O)C2CCC(CN3CC4(CCN(Cc5ccc(C(F)(F)F)cc5)CC4)OC3=O)CC2)CC1. The molecule has 10 heteroatoms. The quantitative estimate of drug-likeness (QED) is 0.516. The number of rotatable bonds is 5. The molecule has 39 heavy (non-hydrogen) atoms. The smallest absolute Gasteiger partial charge is 0.416 e. The lowest BCUT2D eigenvalue weighted by molar-refractivity contribution is -0.138. The predicted octanol–water partition coefficient (Wildman–Crippen LogP) is 5.06. The van der Waals surface area contributed by atoms with Crippen LogP contribution in [-0.2, 0) is 22.3 Å². The number of nitrogens with zero attached hydrogens (tertiary/aromatic N) is 4. The number of amides is 2. The molecule has 4 aliphatic rings.